The zero-order valence-corrected chi connectivity index (χ0v) is 16.4. The van der Waals surface area contributed by atoms with E-state index in [9.17, 15) is 9.59 Å². The van der Waals surface area contributed by atoms with Crippen LogP contribution in [0.3, 0.4) is 0 Å². The van der Waals surface area contributed by atoms with Crippen LogP contribution in [0.5, 0.6) is 0 Å². The van der Waals surface area contributed by atoms with Gasteiger partial charge in [-0.25, -0.2) is 9.78 Å². The normalized spacial score (nSPS) is 17.6. The molecule has 0 saturated carbocycles. The molecular formula is C21H24N6O2. The van der Waals surface area contributed by atoms with Crippen LogP contribution in [0.2, 0.25) is 0 Å². The molecule has 3 rings (SSSR count). The van der Waals surface area contributed by atoms with E-state index < -0.39 is 0 Å². The van der Waals surface area contributed by atoms with Gasteiger partial charge in [-0.1, -0.05) is 18.7 Å². The van der Waals surface area contributed by atoms with Crippen molar-refractivity contribution in [3.05, 3.63) is 53.6 Å². The van der Waals surface area contributed by atoms with Gasteiger partial charge in [0.2, 0.25) is 5.91 Å². The maximum Gasteiger partial charge on any atom is 0.334 e. The summed E-state index contributed by atoms with van der Waals surface area (Å²) in [6.07, 6.45) is 9.98. The lowest BCUT2D eigenvalue weighted by Crippen LogP contribution is -2.42. The van der Waals surface area contributed by atoms with Crippen molar-refractivity contribution >= 4 is 28.5 Å². The highest BCUT2D eigenvalue weighted by Gasteiger charge is 2.29. The lowest BCUT2D eigenvalue weighted by molar-refractivity contribution is -0.131. The van der Waals surface area contributed by atoms with E-state index in [1.807, 2.05) is 25.1 Å². The largest absolute Gasteiger partial charge is 0.382 e. The summed E-state index contributed by atoms with van der Waals surface area (Å²) in [6.45, 7) is 6.68. The Kier molecular flexibility index (Phi) is 5.98. The number of nitrogens with zero attached hydrogens (tertiary/aromatic N) is 5. The molecule has 0 aromatic carbocycles. The van der Waals surface area contributed by atoms with Crippen LogP contribution < -0.4 is 11.4 Å². The molecule has 1 aliphatic heterocycles. The van der Waals surface area contributed by atoms with Crippen LogP contribution in [-0.2, 0) is 4.79 Å². The third kappa shape index (κ3) is 3.72. The molecule has 2 aromatic rings. The van der Waals surface area contributed by atoms with Gasteiger partial charge < -0.3 is 10.6 Å². The summed E-state index contributed by atoms with van der Waals surface area (Å²) in [5, 5.41) is 8.83. The molecule has 0 bridgehead atoms. The van der Waals surface area contributed by atoms with Crippen molar-refractivity contribution < 1.29 is 4.79 Å². The summed E-state index contributed by atoms with van der Waals surface area (Å²) in [7, 11) is 0. The Labute approximate surface area is 168 Å². The van der Waals surface area contributed by atoms with Gasteiger partial charge in [0.25, 0.3) is 0 Å². The molecule has 0 spiro atoms. The zero-order chi connectivity index (χ0) is 21.0. The van der Waals surface area contributed by atoms with E-state index in [-0.39, 0.29) is 29.9 Å². The molecule has 0 aliphatic carbocycles. The smallest absolute Gasteiger partial charge is 0.334 e. The van der Waals surface area contributed by atoms with Crippen LogP contribution >= 0.6 is 0 Å². The molecule has 3 heterocycles. The van der Waals surface area contributed by atoms with Crippen LogP contribution in [0.1, 0.15) is 32.2 Å². The Bertz CT molecular complexity index is 1100. The molecular weight excluding hydrogens is 368 g/mol. The molecule has 0 unspecified atom stereocenters. The number of hydrogen-bond acceptors (Lipinski definition) is 5. The predicted molar refractivity (Wildman–Crippen MR) is 113 cm³/mol. The summed E-state index contributed by atoms with van der Waals surface area (Å²) in [5.41, 5.74) is 7.66. The number of piperidine rings is 1. The fourth-order valence-electron chi connectivity index (χ4n) is 3.78. The summed E-state index contributed by atoms with van der Waals surface area (Å²) in [6, 6.07) is 3.45. The first kappa shape index (κ1) is 20.1. The first-order valence-electron chi connectivity index (χ1n) is 9.51. The number of pyridine rings is 1. The third-order valence-corrected chi connectivity index (χ3v) is 5.08. The number of hydrogen-bond donors (Lipinski definition) is 1. The molecule has 29 heavy (non-hydrogen) atoms. The molecule has 150 valence electrons. The maximum absolute atomic E-state index is 13.5. The number of fused-ring (bicyclic) bond motifs is 1. The fourth-order valence-corrected chi connectivity index (χ4v) is 3.78. The molecule has 1 saturated heterocycles. The van der Waals surface area contributed by atoms with Crippen LogP contribution in [0.15, 0.2) is 47.9 Å². The molecule has 0 radical (unpaired) electrons. The van der Waals surface area contributed by atoms with Crippen molar-refractivity contribution in [2.24, 2.45) is 0 Å². The number of carbonyl (C=O) groups is 1. The quantitative estimate of drug-likeness (QED) is 0.786. The monoisotopic (exact) mass is 392 g/mol. The van der Waals surface area contributed by atoms with Crippen molar-refractivity contribution in [3.8, 4) is 6.07 Å². The number of nitrogens with two attached hydrogens (primary N) is 1. The standard InChI is InChI=1S/C21H24N6O2/c1-3-5-7-15(4-2)27-19-17(10-12-24-20(19)23)26(21(27)29)16-8-6-13-25(14-16)18(28)9-11-22/h3-5,7,10,12,16H,2,6,8-9,13-14H2,1H3,(H2,23,24)/b5-3-,15-7+/t16-/m1/s1. The zero-order valence-electron chi connectivity index (χ0n) is 16.4. The molecule has 2 aromatic heterocycles. The number of nitriles is 1. The van der Waals surface area contributed by atoms with Gasteiger partial charge in [-0.05, 0) is 38.0 Å². The van der Waals surface area contributed by atoms with E-state index in [0.29, 0.717) is 29.8 Å². The van der Waals surface area contributed by atoms with Gasteiger partial charge in [0, 0.05) is 19.3 Å². The number of aromatic nitrogens is 3. The first-order chi connectivity index (χ1) is 14.0. The average Bonchev–Trinajstić information content (AvgIpc) is 3.02. The summed E-state index contributed by atoms with van der Waals surface area (Å²) in [5.74, 6) is 0.0368. The Hall–Kier alpha value is -3.60. The van der Waals surface area contributed by atoms with Crippen LogP contribution in [0, 0.1) is 11.3 Å². The van der Waals surface area contributed by atoms with Crippen molar-refractivity contribution in [1.82, 2.24) is 19.0 Å². The first-order valence-corrected chi connectivity index (χ1v) is 9.51. The summed E-state index contributed by atoms with van der Waals surface area (Å²) in [4.78, 5) is 31.5. The van der Waals surface area contributed by atoms with Gasteiger partial charge in [-0.2, -0.15) is 5.26 Å². The van der Waals surface area contributed by atoms with Gasteiger partial charge in [-0.15, -0.1) is 0 Å². The lowest BCUT2D eigenvalue weighted by Gasteiger charge is -2.33. The second-order valence-electron chi connectivity index (χ2n) is 6.84. The van der Waals surface area contributed by atoms with Gasteiger partial charge in [0.15, 0.2) is 0 Å². The van der Waals surface area contributed by atoms with E-state index in [1.54, 1.807) is 33.9 Å². The van der Waals surface area contributed by atoms with Crippen molar-refractivity contribution in [3.63, 3.8) is 0 Å². The number of likely N-dealkylation sites (tertiary alicyclic amines) is 1. The molecule has 1 fully saturated rings. The molecule has 8 heteroatoms. The minimum absolute atomic E-state index is 0.160. The van der Waals surface area contributed by atoms with Gasteiger partial charge in [0.1, 0.15) is 17.8 Å². The van der Waals surface area contributed by atoms with E-state index in [1.165, 1.54) is 4.57 Å². The highest BCUT2D eigenvalue weighted by Crippen LogP contribution is 2.28. The maximum atomic E-state index is 13.5. The van der Waals surface area contributed by atoms with E-state index in [0.717, 1.165) is 12.8 Å². The van der Waals surface area contributed by atoms with E-state index in [4.69, 9.17) is 11.0 Å². The number of carbonyl (C=O) groups excluding carboxylic acids is 1. The minimum atomic E-state index is -0.255. The van der Waals surface area contributed by atoms with Gasteiger partial charge in [-0.3, -0.25) is 13.9 Å². The van der Waals surface area contributed by atoms with Gasteiger partial charge >= 0.3 is 5.69 Å². The highest BCUT2D eigenvalue weighted by molar-refractivity contribution is 5.89. The number of anilines is 1. The van der Waals surface area contributed by atoms with Crippen LogP contribution in [-0.4, -0.2) is 38.0 Å². The van der Waals surface area contributed by atoms with E-state index in [2.05, 4.69) is 11.6 Å². The predicted octanol–water partition coefficient (Wildman–Crippen LogP) is 2.46. The topological polar surface area (TPSA) is 110 Å². The highest BCUT2D eigenvalue weighted by atomic mass is 16.2. The van der Waals surface area contributed by atoms with Gasteiger partial charge in [0.05, 0.1) is 23.3 Å². The Morgan fingerprint density at radius 3 is 3.00 bits per heavy atom. The number of allylic oxidation sites excluding steroid dienone is 5. The molecule has 1 atom stereocenters. The molecule has 1 amide bonds. The molecule has 1 aliphatic rings. The summed E-state index contributed by atoms with van der Waals surface area (Å²) >= 11 is 0. The second-order valence-corrected chi connectivity index (χ2v) is 6.84. The number of amides is 1. The third-order valence-electron chi connectivity index (χ3n) is 5.08. The second kappa shape index (κ2) is 8.61. The number of nitrogen functional groups attached to an aromatic ring is 1. The lowest BCUT2D eigenvalue weighted by atomic mass is 10.0. The Balaban J connectivity index is 2.17. The van der Waals surface area contributed by atoms with Crippen LogP contribution in [0.4, 0.5) is 5.82 Å². The number of rotatable bonds is 5. The van der Waals surface area contributed by atoms with Crippen molar-refractivity contribution in [2.45, 2.75) is 32.2 Å². The average molecular weight is 392 g/mol. The summed E-state index contributed by atoms with van der Waals surface area (Å²) < 4.78 is 3.20. The molecule has 8 nitrogen and oxygen atoms in total. The number of imidazole rings is 1. The fraction of sp³-hybridized carbons (Fsp3) is 0.333. The molecule has 2 N–H and O–H groups in total. The van der Waals surface area contributed by atoms with Crippen molar-refractivity contribution in [2.75, 3.05) is 18.8 Å². The Morgan fingerprint density at radius 1 is 1.52 bits per heavy atom. The SMILES string of the molecule is C=C/C(=C\C=C/C)n1c(=O)n([C@@H]2CCCN(C(=O)CC#N)C2)c2ccnc(N)c21. The van der Waals surface area contributed by atoms with Crippen molar-refractivity contribution in [1.29, 1.82) is 5.26 Å². The minimum Gasteiger partial charge on any atom is -0.382 e. The Morgan fingerprint density at radius 2 is 2.31 bits per heavy atom. The van der Waals surface area contributed by atoms with Crippen LogP contribution in [0.25, 0.3) is 16.7 Å². The van der Waals surface area contributed by atoms with E-state index >= 15 is 0 Å².